The molecule has 1 aliphatic rings. The summed E-state index contributed by atoms with van der Waals surface area (Å²) in [4.78, 5) is 49.1. The lowest BCUT2D eigenvalue weighted by Crippen LogP contribution is -2.52. The lowest BCUT2D eigenvalue weighted by Gasteiger charge is -2.30. The Balaban J connectivity index is 2.56. The molecule has 34 heavy (non-hydrogen) atoms. The van der Waals surface area contributed by atoms with Crippen LogP contribution in [0.2, 0.25) is 0 Å². The van der Waals surface area contributed by atoms with Crippen LogP contribution in [0.3, 0.4) is 0 Å². The molecule has 0 aromatic heterocycles. The molecule has 196 valence electrons. The van der Waals surface area contributed by atoms with Crippen molar-refractivity contribution in [2.45, 2.75) is 105 Å². The molecule has 1 saturated carbocycles. The van der Waals surface area contributed by atoms with Crippen LogP contribution in [-0.2, 0) is 19.1 Å². The van der Waals surface area contributed by atoms with E-state index in [9.17, 15) is 24.3 Å². The monoisotopic (exact) mass is 483 g/mol. The summed E-state index contributed by atoms with van der Waals surface area (Å²) in [7, 11) is 0. The molecule has 0 heterocycles. The number of alkyl carbamates (subject to hydrolysis) is 1. The number of aliphatic carboxylic acids is 1. The van der Waals surface area contributed by atoms with E-state index in [2.05, 4.69) is 16.0 Å². The van der Waals surface area contributed by atoms with Gasteiger partial charge in [-0.15, -0.1) is 0 Å². The molecule has 1 rings (SSSR count). The van der Waals surface area contributed by atoms with Gasteiger partial charge < -0.3 is 25.8 Å². The van der Waals surface area contributed by atoms with Gasteiger partial charge in [0.2, 0.25) is 11.8 Å². The van der Waals surface area contributed by atoms with Crippen molar-refractivity contribution in [3.63, 3.8) is 0 Å². The number of carbonyl (C=O) groups excluding carboxylic acids is 3. The minimum absolute atomic E-state index is 0.0559. The van der Waals surface area contributed by atoms with Crippen LogP contribution in [-0.4, -0.2) is 53.2 Å². The van der Waals surface area contributed by atoms with E-state index < -0.39 is 29.7 Å². The zero-order chi connectivity index (χ0) is 26.1. The number of nitrogens with one attached hydrogen (secondary N) is 3. The fourth-order valence-corrected chi connectivity index (χ4v) is 4.07. The van der Waals surface area contributed by atoms with Crippen LogP contribution in [0.1, 0.15) is 87.0 Å². The molecular formula is C25H45N3O6. The standard InChI is InChI=1S/C25H45N3O6/c1-8-15(3)19(28-24(33)34-25(5,6)7)22(30)26-14-17-10-12-18(13-11-17)21(29)27-20(23(31)32)16(4)9-2/h15-20H,8-14H2,1-7H3,(H,26,30)(H,27,29)(H,28,33)(H,31,32)/t15-,16-,17?,18?,19-,20-/m0/s1. The fourth-order valence-electron chi connectivity index (χ4n) is 4.07. The van der Waals surface area contributed by atoms with Crippen molar-refractivity contribution >= 4 is 23.9 Å². The predicted octanol–water partition coefficient (Wildman–Crippen LogP) is 3.46. The van der Waals surface area contributed by atoms with Gasteiger partial charge in [0.05, 0.1) is 0 Å². The van der Waals surface area contributed by atoms with E-state index in [-0.39, 0.29) is 35.5 Å². The highest BCUT2D eigenvalue weighted by Gasteiger charge is 2.32. The summed E-state index contributed by atoms with van der Waals surface area (Å²) in [6, 6.07) is -1.56. The Morgan fingerprint density at radius 3 is 1.91 bits per heavy atom. The molecule has 0 aromatic rings. The van der Waals surface area contributed by atoms with Crippen LogP contribution in [0.5, 0.6) is 0 Å². The van der Waals surface area contributed by atoms with Crippen molar-refractivity contribution in [2.24, 2.45) is 23.7 Å². The van der Waals surface area contributed by atoms with Gasteiger partial charge in [0, 0.05) is 12.5 Å². The number of carboxylic acid groups (broad SMARTS) is 1. The Bertz CT molecular complexity index is 697. The number of rotatable bonds is 11. The third-order valence-corrected chi connectivity index (χ3v) is 6.73. The Kier molecular flexibility index (Phi) is 11.8. The number of hydrogen-bond acceptors (Lipinski definition) is 5. The fraction of sp³-hybridized carbons (Fsp3) is 0.840. The third-order valence-electron chi connectivity index (χ3n) is 6.73. The second-order valence-electron chi connectivity index (χ2n) is 10.7. The Morgan fingerprint density at radius 1 is 0.912 bits per heavy atom. The van der Waals surface area contributed by atoms with Crippen LogP contribution >= 0.6 is 0 Å². The molecule has 0 aliphatic heterocycles. The van der Waals surface area contributed by atoms with Gasteiger partial charge in [-0.05, 0) is 64.2 Å². The summed E-state index contributed by atoms with van der Waals surface area (Å²) in [6.07, 6.45) is 3.64. The lowest BCUT2D eigenvalue weighted by molar-refractivity contribution is -0.144. The maximum absolute atomic E-state index is 12.8. The summed E-state index contributed by atoms with van der Waals surface area (Å²) >= 11 is 0. The summed E-state index contributed by atoms with van der Waals surface area (Å²) < 4.78 is 5.30. The van der Waals surface area contributed by atoms with E-state index in [1.807, 2.05) is 27.7 Å². The number of hydrogen-bond donors (Lipinski definition) is 4. The number of carbonyl (C=O) groups is 4. The first-order valence-electron chi connectivity index (χ1n) is 12.6. The molecule has 3 amide bonds. The zero-order valence-corrected chi connectivity index (χ0v) is 21.9. The second kappa shape index (κ2) is 13.5. The molecule has 1 aliphatic carbocycles. The molecule has 4 N–H and O–H groups in total. The van der Waals surface area contributed by atoms with E-state index in [0.717, 1.165) is 19.3 Å². The van der Waals surface area contributed by atoms with Gasteiger partial charge in [-0.2, -0.15) is 0 Å². The molecular weight excluding hydrogens is 438 g/mol. The van der Waals surface area contributed by atoms with Crippen molar-refractivity contribution in [3.8, 4) is 0 Å². The minimum atomic E-state index is -1.00. The van der Waals surface area contributed by atoms with E-state index >= 15 is 0 Å². The minimum Gasteiger partial charge on any atom is -0.480 e. The summed E-state index contributed by atoms with van der Waals surface area (Å²) in [5, 5.41) is 17.8. The molecule has 0 unspecified atom stereocenters. The first kappa shape index (κ1) is 29.7. The highest BCUT2D eigenvalue weighted by atomic mass is 16.6. The first-order valence-corrected chi connectivity index (χ1v) is 12.6. The average molecular weight is 484 g/mol. The maximum atomic E-state index is 12.8. The molecule has 0 bridgehead atoms. The van der Waals surface area contributed by atoms with Gasteiger partial charge in [-0.1, -0.05) is 40.5 Å². The van der Waals surface area contributed by atoms with Gasteiger partial charge in [-0.3, -0.25) is 9.59 Å². The van der Waals surface area contributed by atoms with E-state index in [1.165, 1.54) is 0 Å². The van der Waals surface area contributed by atoms with Crippen LogP contribution in [0, 0.1) is 23.7 Å². The first-order chi connectivity index (χ1) is 15.8. The Hall–Kier alpha value is -2.32. The molecule has 0 spiro atoms. The number of carboxylic acids is 1. The van der Waals surface area contributed by atoms with Crippen molar-refractivity contribution in [2.75, 3.05) is 6.54 Å². The average Bonchev–Trinajstić information content (AvgIpc) is 2.77. The molecule has 0 saturated heterocycles. The van der Waals surface area contributed by atoms with E-state index in [0.29, 0.717) is 25.8 Å². The maximum Gasteiger partial charge on any atom is 0.408 e. The van der Waals surface area contributed by atoms with Gasteiger partial charge in [0.25, 0.3) is 0 Å². The van der Waals surface area contributed by atoms with Crippen molar-refractivity contribution < 1.29 is 29.0 Å². The quantitative estimate of drug-likeness (QED) is 0.356. The summed E-state index contributed by atoms with van der Waals surface area (Å²) in [5.41, 5.74) is -0.648. The Morgan fingerprint density at radius 2 is 1.44 bits per heavy atom. The molecule has 0 aromatic carbocycles. The molecule has 1 fully saturated rings. The molecule has 4 atom stereocenters. The highest BCUT2D eigenvalue weighted by Crippen LogP contribution is 2.29. The van der Waals surface area contributed by atoms with Gasteiger partial charge in [-0.25, -0.2) is 9.59 Å². The lowest BCUT2D eigenvalue weighted by atomic mass is 9.81. The number of ether oxygens (including phenoxy) is 1. The smallest absolute Gasteiger partial charge is 0.408 e. The second-order valence-corrected chi connectivity index (χ2v) is 10.7. The van der Waals surface area contributed by atoms with Crippen molar-refractivity contribution in [3.05, 3.63) is 0 Å². The highest BCUT2D eigenvalue weighted by molar-refractivity contribution is 5.86. The summed E-state index contributed by atoms with van der Waals surface area (Å²) in [6.45, 7) is 13.4. The van der Waals surface area contributed by atoms with Crippen molar-refractivity contribution in [1.29, 1.82) is 0 Å². The normalized spacial score (nSPS) is 22.0. The van der Waals surface area contributed by atoms with Crippen molar-refractivity contribution in [1.82, 2.24) is 16.0 Å². The molecule has 9 heteroatoms. The number of amides is 3. The van der Waals surface area contributed by atoms with Crippen LogP contribution in [0.15, 0.2) is 0 Å². The third kappa shape index (κ3) is 9.89. The summed E-state index contributed by atoms with van der Waals surface area (Å²) in [5.74, 6) is -1.61. The van der Waals surface area contributed by atoms with Crippen LogP contribution in [0.25, 0.3) is 0 Å². The topological polar surface area (TPSA) is 134 Å². The molecule has 9 nitrogen and oxygen atoms in total. The van der Waals surface area contributed by atoms with Gasteiger partial charge >= 0.3 is 12.1 Å². The predicted molar refractivity (Wildman–Crippen MR) is 130 cm³/mol. The van der Waals surface area contributed by atoms with E-state index in [1.54, 1.807) is 20.8 Å². The molecule has 0 radical (unpaired) electrons. The van der Waals surface area contributed by atoms with E-state index in [4.69, 9.17) is 4.74 Å². The van der Waals surface area contributed by atoms with Gasteiger partial charge in [0.1, 0.15) is 17.7 Å². The van der Waals surface area contributed by atoms with Crippen LogP contribution in [0.4, 0.5) is 4.79 Å². The Labute approximate surface area is 204 Å². The van der Waals surface area contributed by atoms with Gasteiger partial charge in [0.15, 0.2) is 0 Å². The SMILES string of the molecule is CC[C@H](C)[C@H](NC(=O)C1CCC(CNC(=O)[C@@H](NC(=O)OC(C)(C)C)[C@@H](C)CC)CC1)C(=O)O. The van der Waals surface area contributed by atoms with Crippen LogP contribution < -0.4 is 16.0 Å². The zero-order valence-electron chi connectivity index (χ0n) is 21.9. The largest absolute Gasteiger partial charge is 0.480 e.